The molecule has 1 unspecified atom stereocenters. The van der Waals surface area contributed by atoms with Crippen LogP contribution in [0.3, 0.4) is 0 Å². The van der Waals surface area contributed by atoms with Gasteiger partial charge in [0, 0.05) is 27.6 Å². The van der Waals surface area contributed by atoms with Crippen molar-refractivity contribution in [2.24, 2.45) is 0 Å². The summed E-state index contributed by atoms with van der Waals surface area (Å²) in [5.41, 5.74) is 9.54. The molecule has 0 rings (SSSR count). The third-order valence-corrected chi connectivity index (χ3v) is 2.31. The second kappa shape index (κ2) is 4.66. The van der Waals surface area contributed by atoms with Gasteiger partial charge in [-0.25, -0.2) is 0 Å². The molecular weight excluding hydrogens is 140 g/mol. The molecule has 0 amide bonds. The van der Waals surface area contributed by atoms with Crippen LogP contribution < -0.4 is 16.3 Å². The SMILES string of the molecule is CCC(C)[N+](NC)(NC)NC. The maximum Gasteiger partial charge on any atom is 0.141 e. The van der Waals surface area contributed by atoms with Crippen LogP contribution in [-0.4, -0.2) is 32.0 Å². The Hall–Kier alpha value is -0.160. The fourth-order valence-electron chi connectivity index (χ4n) is 1.27. The zero-order valence-electron chi connectivity index (χ0n) is 8.23. The van der Waals surface area contributed by atoms with Gasteiger partial charge in [0.1, 0.15) is 6.04 Å². The highest BCUT2D eigenvalue weighted by atomic mass is 16.0. The van der Waals surface area contributed by atoms with Gasteiger partial charge in [0.05, 0.1) is 0 Å². The van der Waals surface area contributed by atoms with Crippen LogP contribution in [0.5, 0.6) is 0 Å². The molecule has 11 heavy (non-hydrogen) atoms. The summed E-state index contributed by atoms with van der Waals surface area (Å²) in [5, 5.41) is 0. The molecule has 3 N–H and O–H groups in total. The molecule has 0 aromatic carbocycles. The Balaban J connectivity index is 4.26. The van der Waals surface area contributed by atoms with Crippen molar-refractivity contribution in [2.45, 2.75) is 26.3 Å². The van der Waals surface area contributed by atoms with Crippen LogP contribution in [0.4, 0.5) is 0 Å². The lowest BCUT2D eigenvalue weighted by molar-refractivity contribution is -1.06. The van der Waals surface area contributed by atoms with Gasteiger partial charge in [-0.05, 0) is 6.92 Å². The van der Waals surface area contributed by atoms with Gasteiger partial charge in [0.2, 0.25) is 0 Å². The second-order valence-corrected chi connectivity index (χ2v) is 2.65. The summed E-state index contributed by atoms with van der Waals surface area (Å²) in [5.74, 6) is 0. The Morgan fingerprint density at radius 1 is 1.09 bits per heavy atom. The molecule has 0 saturated heterocycles. The normalized spacial score (nSPS) is 15.0. The van der Waals surface area contributed by atoms with Gasteiger partial charge in [-0.2, -0.15) is 0 Å². The average molecular weight is 161 g/mol. The second-order valence-electron chi connectivity index (χ2n) is 2.65. The molecule has 0 aliphatic rings. The molecule has 0 aromatic rings. The van der Waals surface area contributed by atoms with Crippen molar-refractivity contribution < 1.29 is 4.81 Å². The number of quaternary nitrogens is 1. The molecule has 0 heterocycles. The fraction of sp³-hybridized carbons (Fsp3) is 1.00. The van der Waals surface area contributed by atoms with Crippen LogP contribution >= 0.6 is 0 Å². The molecule has 0 bridgehead atoms. The summed E-state index contributed by atoms with van der Waals surface area (Å²) in [6.07, 6.45) is 1.11. The standard InChI is InChI=1S/C7H21N4/c1-6-7(2)11(8-3,9-4)10-5/h7-10H,6H2,1-5H3/q+1. The van der Waals surface area contributed by atoms with E-state index in [0.717, 1.165) is 6.42 Å². The monoisotopic (exact) mass is 161 g/mol. The van der Waals surface area contributed by atoms with E-state index < -0.39 is 0 Å². The quantitative estimate of drug-likeness (QED) is 0.392. The third kappa shape index (κ3) is 2.13. The average Bonchev–Trinajstić information content (AvgIpc) is 2.08. The van der Waals surface area contributed by atoms with Crippen LogP contribution in [0.1, 0.15) is 20.3 Å². The van der Waals surface area contributed by atoms with Gasteiger partial charge < -0.3 is 0 Å². The topological polar surface area (TPSA) is 36.1 Å². The predicted molar refractivity (Wildman–Crippen MR) is 47.2 cm³/mol. The van der Waals surface area contributed by atoms with E-state index in [-0.39, 0.29) is 0 Å². The molecule has 0 fully saturated rings. The first kappa shape index (κ1) is 10.8. The number of hydrogen-bond acceptors (Lipinski definition) is 3. The summed E-state index contributed by atoms with van der Waals surface area (Å²) in [4.78, 5) is 0.538. The zero-order chi connectivity index (χ0) is 8.91. The molecule has 0 saturated carbocycles. The van der Waals surface area contributed by atoms with Gasteiger partial charge in [0.25, 0.3) is 0 Å². The minimum absolute atomic E-state index is 0.495. The number of hydrogen-bond donors (Lipinski definition) is 3. The predicted octanol–water partition coefficient (Wildman–Crippen LogP) is 0.00490. The zero-order valence-corrected chi connectivity index (χ0v) is 8.23. The third-order valence-electron chi connectivity index (χ3n) is 2.31. The van der Waals surface area contributed by atoms with Crippen molar-refractivity contribution in [3.05, 3.63) is 0 Å². The maximum atomic E-state index is 3.18. The lowest BCUT2D eigenvalue weighted by atomic mass is 10.3. The first-order valence-electron chi connectivity index (χ1n) is 4.12. The maximum absolute atomic E-state index is 3.18. The van der Waals surface area contributed by atoms with Crippen LogP contribution in [0, 0.1) is 0 Å². The Labute approximate surface area is 69.5 Å². The number of nitrogens with one attached hydrogen (secondary N) is 3. The summed E-state index contributed by atoms with van der Waals surface area (Å²) >= 11 is 0. The minimum Gasteiger partial charge on any atom is -0.132 e. The van der Waals surface area contributed by atoms with Gasteiger partial charge in [0.15, 0.2) is 0 Å². The van der Waals surface area contributed by atoms with Crippen LogP contribution in [-0.2, 0) is 0 Å². The van der Waals surface area contributed by atoms with E-state index in [1.54, 1.807) is 0 Å². The van der Waals surface area contributed by atoms with Crippen LogP contribution in [0.15, 0.2) is 0 Å². The van der Waals surface area contributed by atoms with E-state index >= 15 is 0 Å². The van der Waals surface area contributed by atoms with Gasteiger partial charge in [-0.3, -0.25) is 0 Å². The summed E-state index contributed by atoms with van der Waals surface area (Å²) < 4.78 is 0. The molecule has 0 aliphatic heterocycles. The van der Waals surface area contributed by atoms with Crippen molar-refractivity contribution in [3.8, 4) is 0 Å². The van der Waals surface area contributed by atoms with Crippen molar-refractivity contribution in [1.82, 2.24) is 16.3 Å². The van der Waals surface area contributed by atoms with Crippen LogP contribution in [0.25, 0.3) is 0 Å². The van der Waals surface area contributed by atoms with E-state index in [1.165, 1.54) is 0 Å². The van der Waals surface area contributed by atoms with Crippen molar-refractivity contribution >= 4 is 0 Å². The molecular formula is C7H21N4+. The van der Waals surface area contributed by atoms with Gasteiger partial charge in [-0.1, -0.05) is 11.7 Å². The lowest BCUT2D eigenvalue weighted by Gasteiger charge is -2.37. The van der Waals surface area contributed by atoms with E-state index in [4.69, 9.17) is 0 Å². The molecule has 1 atom stereocenters. The smallest absolute Gasteiger partial charge is 0.132 e. The summed E-state index contributed by atoms with van der Waals surface area (Å²) in [6, 6.07) is 0.495. The largest absolute Gasteiger partial charge is 0.141 e. The highest BCUT2D eigenvalue weighted by Gasteiger charge is 2.29. The molecule has 0 radical (unpaired) electrons. The Morgan fingerprint density at radius 3 is 1.55 bits per heavy atom. The molecule has 0 aromatic heterocycles. The Kier molecular flexibility index (Phi) is 4.60. The van der Waals surface area contributed by atoms with Crippen LogP contribution in [0.2, 0.25) is 0 Å². The van der Waals surface area contributed by atoms with E-state index in [1.807, 2.05) is 21.1 Å². The van der Waals surface area contributed by atoms with Gasteiger partial charge in [-0.15, -0.1) is 16.3 Å². The number of nitrogens with zero attached hydrogens (tertiary/aromatic N) is 1. The van der Waals surface area contributed by atoms with Crippen molar-refractivity contribution in [3.63, 3.8) is 0 Å². The summed E-state index contributed by atoms with van der Waals surface area (Å²) in [7, 11) is 5.79. The molecule has 0 aliphatic carbocycles. The molecule has 0 spiro atoms. The summed E-state index contributed by atoms with van der Waals surface area (Å²) in [6.45, 7) is 4.35. The van der Waals surface area contributed by atoms with E-state index in [2.05, 4.69) is 30.1 Å². The first-order chi connectivity index (χ1) is 5.16. The molecule has 68 valence electrons. The molecule has 4 nitrogen and oxygen atoms in total. The van der Waals surface area contributed by atoms with E-state index in [0.29, 0.717) is 10.9 Å². The minimum atomic E-state index is 0.495. The highest BCUT2D eigenvalue weighted by molar-refractivity contribution is 4.42. The van der Waals surface area contributed by atoms with Gasteiger partial charge >= 0.3 is 0 Å². The van der Waals surface area contributed by atoms with E-state index in [9.17, 15) is 0 Å². The first-order valence-corrected chi connectivity index (χ1v) is 4.12. The highest BCUT2D eigenvalue weighted by Crippen LogP contribution is 2.03. The number of rotatable bonds is 5. The Bertz CT molecular complexity index is 92.3. The lowest BCUT2D eigenvalue weighted by Crippen LogP contribution is -2.74. The van der Waals surface area contributed by atoms with Crippen molar-refractivity contribution in [1.29, 1.82) is 0 Å². The molecule has 4 heteroatoms. The van der Waals surface area contributed by atoms with Crippen molar-refractivity contribution in [2.75, 3.05) is 21.1 Å². The Morgan fingerprint density at radius 2 is 1.45 bits per heavy atom. The fourth-order valence-corrected chi connectivity index (χ4v) is 1.27.